The van der Waals surface area contributed by atoms with Crippen LogP contribution in [-0.2, 0) is 6.18 Å². The van der Waals surface area contributed by atoms with E-state index in [2.05, 4.69) is 14.7 Å². The summed E-state index contributed by atoms with van der Waals surface area (Å²) in [6, 6.07) is 0. The van der Waals surface area contributed by atoms with E-state index in [4.69, 9.17) is 23.2 Å². The van der Waals surface area contributed by atoms with Crippen molar-refractivity contribution in [3.8, 4) is 0 Å². The summed E-state index contributed by atoms with van der Waals surface area (Å²) in [6.45, 7) is 1.68. The number of hydrogen-bond donors (Lipinski definition) is 1. The molecule has 0 saturated heterocycles. The second kappa shape index (κ2) is 4.93. The molecule has 1 aromatic heterocycles. The van der Waals surface area contributed by atoms with Gasteiger partial charge in [-0.05, 0) is 6.92 Å². The quantitative estimate of drug-likeness (QED) is 0.867. The first-order valence-electron chi connectivity index (χ1n) is 4.12. The van der Waals surface area contributed by atoms with Crippen LogP contribution in [0.1, 0.15) is 12.7 Å². The van der Waals surface area contributed by atoms with Crippen LogP contribution in [0.5, 0.6) is 0 Å². The van der Waals surface area contributed by atoms with E-state index < -0.39 is 17.5 Å². The Morgan fingerprint density at radius 1 is 1.31 bits per heavy atom. The Morgan fingerprint density at radius 2 is 1.88 bits per heavy atom. The highest BCUT2D eigenvalue weighted by atomic mass is 35.5. The lowest BCUT2D eigenvalue weighted by Crippen LogP contribution is -2.38. The van der Waals surface area contributed by atoms with Crippen molar-refractivity contribution in [1.29, 1.82) is 0 Å². The third kappa shape index (κ3) is 3.36. The molecular weight excluding hydrogens is 286 g/mol. The van der Waals surface area contributed by atoms with Crippen LogP contribution < -0.4 is 5.32 Å². The lowest BCUT2D eigenvalue weighted by molar-refractivity contribution is -0.144. The van der Waals surface area contributed by atoms with Gasteiger partial charge in [-0.25, -0.2) is 0 Å². The molecule has 92 valence electrons. The molecule has 0 unspecified atom stereocenters. The first kappa shape index (κ1) is 13.8. The summed E-state index contributed by atoms with van der Waals surface area (Å²) >= 11 is 11.9. The third-order valence-electron chi connectivity index (χ3n) is 1.68. The van der Waals surface area contributed by atoms with Gasteiger partial charge in [0.25, 0.3) is 0 Å². The fraction of sp³-hybridized carbons (Fsp3) is 0.714. The number of halogens is 5. The molecule has 16 heavy (non-hydrogen) atoms. The zero-order valence-electron chi connectivity index (χ0n) is 8.11. The molecule has 0 fully saturated rings. The molecule has 1 rings (SSSR count). The SMILES string of the molecule is CC(CCl)(CCl)Nc1nc(C(F)(F)F)ns1. The minimum atomic E-state index is -4.53. The van der Waals surface area contributed by atoms with Gasteiger partial charge in [-0.3, -0.25) is 0 Å². The van der Waals surface area contributed by atoms with Gasteiger partial charge in [0.1, 0.15) is 0 Å². The molecule has 0 spiro atoms. The molecular formula is C7H8Cl2F3N3S. The van der Waals surface area contributed by atoms with Crippen LogP contribution in [0.2, 0.25) is 0 Å². The molecule has 9 heteroatoms. The second-order valence-corrected chi connectivity index (χ2v) is 4.66. The number of hydrogen-bond acceptors (Lipinski definition) is 4. The van der Waals surface area contributed by atoms with Crippen LogP contribution in [0.25, 0.3) is 0 Å². The van der Waals surface area contributed by atoms with Gasteiger partial charge in [-0.1, -0.05) is 0 Å². The standard InChI is InChI=1S/C7H8Cl2F3N3S/c1-6(2-8,3-9)14-5-13-4(15-16-5)7(10,11)12/h2-3H2,1H3,(H,13,14,15). The van der Waals surface area contributed by atoms with Crippen LogP contribution >= 0.6 is 34.7 Å². The number of aromatic nitrogens is 2. The first-order valence-corrected chi connectivity index (χ1v) is 5.96. The Morgan fingerprint density at radius 3 is 2.25 bits per heavy atom. The zero-order chi connectivity index (χ0) is 12.4. The van der Waals surface area contributed by atoms with Gasteiger partial charge in [0.2, 0.25) is 11.0 Å². The highest BCUT2D eigenvalue weighted by Gasteiger charge is 2.36. The fourth-order valence-corrected chi connectivity index (χ4v) is 1.91. The van der Waals surface area contributed by atoms with E-state index in [0.29, 0.717) is 11.5 Å². The van der Waals surface area contributed by atoms with E-state index in [1.807, 2.05) is 0 Å². The Bertz CT molecular complexity index is 351. The molecule has 1 heterocycles. The Balaban J connectivity index is 2.80. The molecule has 0 aromatic carbocycles. The highest BCUT2D eigenvalue weighted by molar-refractivity contribution is 7.09. The summed E-state index contributed by atoms with van der Waals surface area (Å²) < 4.78 is 39.8. The molecule has 1 N–H and O–H groups in total. The molecule has 0 amide bonds. The molecule has 0 aliphatic heterocycles. The summed E-state index contributed by atoms with van der Waals surface area (Å²) in [6.07, 6.45) is -4.53. The Hall–Kier alpha value is -0.270. The molecule has 0 bridgehead atoms. The minimum Gasteiger partial charge on any atom is -0.353 e. The van der Waals surface area contributed by atoms with Crippen molar-refractivity contribution in [2.75, 3.05) is 17.1 Å². The summed E-state index contributed by atoms with van der Waals surface area (Å²) in [7, 11) is 0. The van der Waals surface area contributed by atoms with Crippen LogP contribution in [0.3, 0.4) is 0 Å². The number of rotatable bonds is 4. The van der Waals surface area contributed by atoms with Gasteiger partial charge >= 0.3 is 6.18 Å². The molecule has 0 saturated carbocycles. The lowest BCUT2D eigenvalue weighted by atomic mass is 10.1. The van der Waals surface area contributed by atoms with Crippen molar-refractivity contribution in [2.45, 2.75) is 18.6 Å². The molecule has 1 aromatic rings. The monoisotopic (exact) mass is 293 g/mol. The maximum absolute atomic E-state index is 12.2. The largest absolute Gasteiger partial charge is 0.452 e. The third-order valence-corrected chi connectivity index (χ3v) is 3.49. The van der Waals surface area contributed by atoms with E-state index in [0.717, 1.165) is 0 Å². The summed E-state index contributed by atoms with van der Waals surface area (Å²) in [4.78, 5) is 3.32. The zero-order valence-corrected chi connectivity index (χ0v) is 10.4. The Kier molecular flexibility index (Phi) is 4.25. The van der Waals surface area contributed by atoms with E-state index in [-0.39, 0.29) is 16.9 Å². The minimum absolute atomic E-state index is 0.0520. The van der Waals surface area contributed by atoms with Gasteiger partial charge in [0.05, 0.1) is 5.54 Å². The molecule has 0 atom stereocenters. The summed E-state index contributed by atoms with van der Waals surface area (Å²) in [5.74, 6) is -0.860. The van der Waals surface area contributed by atoms with Crippen molar-refractivity contribution in [3.63, 3.8) is 0 Å². The van der Waals surface area contributed by atoms with Gasteiger partial charge < -0.3 is 5.32 Å². The van der Waals surface area contributed by atoms with Crippen LogP contribution in [0.15, 0.2) is 0 Å². The van der Waals surface area contributed by atoms with E-state index >= 15 is 0 Å². The molecule has 0 aliphatic rings. The van der Waals surface area contributed by atoms with Gasteiger partial charge in [-0.2, -0.15) is 22.5 Å². The van der Waals surface area contributed by atoms with Crippen LogP contribution in [0.4, 0.5) is 18.3 Å². The summed E-state index contributed by atoms with van der Waals surface area (Å²) in [5.41, 5.74) is -0.703. The van der Waals surface area contributed by atoms with Crippen LogP contribution in [0, 0.1) is 0 Å². The topological polar surface area (TPSA) is 37.8 Å². The number of nitrogens with one attached hydrogen (secondary N) is 1. The average Bonchev–Trinajstić information content (AvgIpc) is 2.65. The normalized spacial score (nSPS) is 12.9. The predicted octanol–water partition coefficient (Wildman–Crippen LogP) is 3.21. The van der Waals surface area contributed by atoms with Crippen molar-refractivity contribution in [2.24, 2.45) is 0 Å². The van der Waals surface area contributed by atoms with Gasteiger partial charge in [-0.15, -0.1) is 23.2 Å². The first-order chi connectivity index (χ1) is 7.30. The second-order valence-electron chi connectivity index (χ2n) is 3.37. The fourth-order valence-electron chi connectivity index (χ4n) is 0.750. The van der Waals surface area contributed by atoms with Crippen molar-refractivity contribution < 1.29 is 13.2 Å². The van der Waals surface area contributed by atoms with E-state index in [1.54, 1.807) is 6.92 Å². The average molecular weight is 294 g/mol. The lowest BCUT2D eigenvalue weighted by Gasteiger charge is -2.24. The van der Waals surface area contributed by atoms with Crippen LogP contribution in [-0.4, -0.2) is 26.7 Å². The van der Waals surface area contributed by atoms with Gasteiger partial charge in [0.15, 0.2) is 0 Å². The van der Waals surface area contributed by atoms with Crippen molar-refractivity contribution in [3.05, 3.63) is 5.82 Å². The molecule has 3 nitrogen and oxygen atoms in total. The van der Waals surface area contributed by atoms with Crippen molar-refractivity contribution in [1.82, 2.24) is 9.36 Å². The molecule has 0 radical (unpaired) electrons. The number of nitrogens with zero attached hydrogens (tertiary/aromatic N) is 2. The number of anilines is 1. The maximum Gasteiger partial charge on any atom is 0.452 e. The predicted molar refractivity (Wildman–Crippen MR) is 58.4 cm³/mol. The van der Waals surface area contributed by atoms with Gasteiger partial charge in [0, 0.05) is 23.3 Å². The van der Waals surface area contributed by atoms with Crippen molar-refractivity contribution >= 4 is 39.9 Å². The van der Waals surface area contributed by atoms with E-state index in [9.17, 15) is 13.2 Å². The molecule has 0 aliphatic carbocycles. The Labute approximate surface area is 104 Å². The smallest absolute Gasteiger partial charge is 0.353 e. The summed E-state index contributed by atoms with van der Waals surface area (Å²) in [5, 5.41) is 2.78. The number of alkyl halides is 5. The van der Waals surface area contributed by atoms with E-state index in [1.165, 1.54) is 0 Å². The highest BCUT2D eigenvalue weighted by Crippen LogP contribution is 2.30. The maximum atomic E-state index is 12.2.